The number of carbonyl (C=O) groups excluding carboxylic acids is 3. The van der Waals surface area contributed by atoms with Gasteiger partial charge >= 0.3 is 12.0 Å². The van der Waals surface area contributed by atoms with Gasteiger partial charge in [-0.2, -0.15) is 11.8 Å². The first-order valence-electron chi connectivity index (χ1n) is 7.65. The van der Waals surface area contributed by atoms with Crippen LogP contribution in [-0.2, 0) is 20.7 Å². The lowest BCUT2D eigenvalue weighted by molar-refractivity contribution is -0.150. The Morgan fingerprint density at radius 2 is 1.96 bits per heavy atom. The number of hydrogen-bond donors (Lipinski definition) is 3. The fourth-order valence-corrected chi connectivity index (χ4v) is 2.41. The summed E-state index contributed by atoms with van der Waals surface area (Å²) >= 11 is 1.51. The Bertz CT molecular complexity index is 583. The number of halogens is 1. The first-order valence-corrected chi connectivity index (χ1v) is 9.04. The molecule has 25 heavy (non-hydrogen) atoms. The average molecular weight is 371 g/mol. The summed E-state index contributed by atoms with van der Waals surface area (Å²) in [5.41, 5.74) is 5.90. The van der Waals surface area contributed by atoms with E-state index in [1.807, 2.05) is 6.26 Å². The van der Waals surface area contributed by atoms with Gasteiger partial charge in [-0.3, -0.25) is 4.79 Å². The van der Waals surface area contributed by atoms with E-state index in [0.29, 0.717) is 25.1 Å². The molecule has 0 heterocycles. The summed E-state index contributed by atoms with van der Waals surface area (Å²) < 4.78 is 17.7. The van der Waals surface area contributed by atoms with E-state index in [9.17, 15) is 18.8 Å². The van der Waals surface area contributed by atoms with Crippen molar-refractivity contribution in [3.05, 3.63) is 35.6 Å². The van der Waals surface area contributed by atoms with Crippen LogP contribution >= 0.6 is 11.8 Å². The Morgan fingerprint density at radius 3 is 2.56 bits per heavy atom. The molecule has 7 nitrogen and oxygen atoms in total. The third-order valence-corrected chi connectivity index (χ3v) is 3.85. The fraction of sp³-hybridized carbons (Fsp3) is 0.438. The second-order valence-corrected chi connectivity index (χ2v) is 6.16. The van der Waals surface area contributed by atoms with Crippen LogP contribution in [0, 0.1) is 5.82 Å². The van der Waals surface area contributed by atoms with Crippen molar-refractivity contribution in [3.8, 4) is 0 Å². The summed E-state index contributed by atoms with van der Waals surface area (Å²) in [7, 11) is 0. The number of carbonyl (C=O) groups is 3. The second kappa shape index (κ2) is 11.3. The average Bonchev–Trinajstić information content (AvgIpc) is 2.58. The standard InChI is InChI=1S/C16H22FN3O4S/c1-25-9-7-13(20-16(18)23)15(22)24-10-14(21)19-8-6-11-2-4-12(17)5-3-11/h2-5,13H,6-10H2,1H3,(H,19,21)(H3,18,20,23)/t13-/m1/s1. The normalized spacial score (nSPS) is 11.4. The van der Waals surface area contributed by atoms with Crippen LogP contribution in [0.2, 0.25) is 0 Å². The maximum Gasteiger partial charge on any atom is 0.329 e. The molecule has 3 amide bonds. The molecule has 0 saturated carbocycles. The summed E-state index contributed by atoms with van der Waals surface area (Å²) in [4.78, 5) is 34.5. The van der Waals surface area contributed by atoms with E-state index in [1.165, 1.54) is 23.9 Å². The largest absolute Gasteiger partial charge is 0.454 e. The highest BCUT2D eigenvalue weighted by Crippen LogP contribution is 2.04. The molecule has 1 aromatic carbocycles. The predicted octanol–water partition coefficient (Wildman–Crippen LogP) is 0.818. The number of ether oxygens (including phenoxy) is 1. The number of primary amides is 1. The summed E-state index contributed by atoms with van der Waals surface area (Å²) in [5, 5.41) is 4.89. The molecule has 0 aliphatic carbocycles. The molecule has 1 atom stereocenters. The lowest BCUT2D eigenvalue weighted by Gasteiger charge is -2.15. The molecule has 0 aliphatic rings. The van der Waals surface area contributed by atoms with E-state index in [-0.39, 0.29) is 5.82 Å². The minimum absolute atomic E-state index is 0.319. The number of urea groups is 1. The van der Waals surface area contributed by atoms with Gasteiger partial charge in [-0.25, -0.2) is 14.0 Å². The molecule has 4 N–H and O–H groups in total. The molecule has 0 bridgehead atoms. The lowest BCUT2D eigenvalue weighted by atomic mass is 10.1. The Labute approximate surface area is 149 Å². The van der Waals surface area contributed by atoms with E-state index < -0.39 is 30.6 Å². The zero-order valence-electron chi connectivity index (χ0n) is 13.9. The maximum atomic E-state index is 12.8. The second-order valence-electron chi connectivity index (χ2n) is 5.18. The van der Waals surface area contributed by atoms with Crippen molar-refractivity contribution in [2.45, 2.75) is 18.9 Å². The Hall–Kier alpha value is -2.29. The van der Waals surface area contributed by atoms with Crippen molar-refractivity contribution in [2.75, 3.05) is 25.2 Å². The van der Waals surface area contributed by atoms with Gasteiger partial charge in [0.05, 0.1) is 0 Å². The molecule has 1 rings (SSSR count). The van der Waals surface area contributed by atoms with E-state index in [2.05, 4.69) is 10.6 Å². The smallest absolute Gasteiger partial charge is 0.329 e. The first-order chi connectivity index (χ1) is 11.9. The van der Waals surface area contributed by atoms with Crippen molar-refractivity contribution in [2.24, 2.45) is 5.73 Å². The van der Waals surface area contributed by atoms with Crippen LogP contribution in [0.1, 0.15) is 12.0 Å². The van der Waals surface area contributed by atoms with E-state index in [0.717, 1.165) is 5.56 Å². The van der Waals surface area contributed by atoms with E-state index >= 15 is 0 Å². The lowest BCUT2D eigenvalue weighted by Crippen LogP contribution is -2.45. The molecule has 0 spiro atoms. The summed E-state index contributed by atoms with van der Waals surface area (Å²) in [6, 6.07) is 4.25. The van der Waals surface area contributed by atoms with Crippen molar-refractivity contribution in [1.82, 2.24) is 10.6 Å². The number of rotatable bonds is 10. The first kappa shape index (κ1) is 20.8. The van der Waals surface area contributed by atoms with E-state index in [1.54, 1.807) is 12.1 Å². The number of amides is 3. The molecule has 0 radical (unpaired) electrons. The number of hydrogen-bond acceptors (Lipinski definition) is 5. The topological polar surface area (TPSA) is 111 Å². The number of esters is 1. The number of thioether (sulfide) groups is 1. The molecular weight excluding hydrogens is 349 g/mol. The van der Waals surface area contributed by atoms with Crippen LogP contribution < -0.4 is 16.4 Å². The SMILES string of the molecule is CSCC[C@@H](NC(N)=O)C(=O)OCC(=O)NCCc1ccc(F)cc1. The Balaban J connectivity index is 2.31. The Kier molecular flexibility index (Phi) is 9.38. The van der Waals surface area contributed by atoms with Crippen molar-refractivity contribution in [1.29, 1.82) is 0 Å². The predicted molar refractivity (Wildman–Crippen MR) is 93.6 cm³/mol. The van der Waals surface area contributed by atoms with Crippen LogP contribution in [0.5, 0.6) is 0 Å². The molecule has 138 valence electrons. The summed E-state index contributed by atoms with van der Waals surface area (Å²) in [6.07, 6.45) is 2.75. The van der Waals surface area contributed by atoms with Gasteiger partial charge in [0.2, 0.25) is 0 Å². The van der Waals surface area contributed by atoms with Gasteiger partial charge in [0.1, 0.15) is 11.9 Å². The zero-order chi connectivity index (χ0) is 18.7. The fourth-order valence-electron chi connectivity index (χ4n) is 1.94. The third kappa shape index (κ3) is 8.94. The van der Waals surface area contributed by atoms with Gasteiger partial charge in [0, 0.05) is 6.54 Å². The molecule has 0 unspecified atom stereocenters. The monoisotopic (exact) mass is 371 g/mol. The van der Waals surface area contributed by atoms with Gasteiger partial charge in [-0.15, -0.1) is 0 Å². The highest BCUT2D eigenvalue weighted by molar-refractivity contribution is 7.98. The van der Waals surface area contributed by atoms with Gasteiger partial charge in [0.25, 0.3) is 5.91 Å². The van der Waals surface area contributed by atoms with Crippen molar-refractivity contribution < 1.29 is 23.5 Å². The van der Waals surface area contributed by atoms with Crippen LogP contribution in [0.4, 0.5) is 9.18 Å². The zero-order valence-corrected chi connectivity index (χ0v) is 14.7. The highest BCUT2D eigenvalue weighted by atomic mass is 32.2. The van der Waals surface area contributed by atoms with Crippen molar-refractivity contribution in [3.63, 3.8) is 0 Å². The summed E-state index contributed by atoms with van der Waals surface area (Å²) in [5.74, 6) is -0.857. The number of benzene rings is 1. The molecule has 9 heteroatoms. The van der Waals surface area contributed by atoms with Crippen LogP contribution in [0.3, 0.4) is 0 Å². The molecule has 1 aromatic rings. The minimum atomic E-state index is -0.878. The van der Waals surface area contributed by atoms with Gasteiger partial charge in [0.15, 0.2) is 6.61 Å². The van der Waals surface area contributed by atoms with Crippen LogP contribution in [0.25, 0.3) is 0 Å². The highest BCUT2D eigenvalue weighted by Gasteiger charge is 2.21. The molecule has 0 saturated heterocycles. The maximum absolute atomic E-state index is 12.8. The molecule has 0 aliphatic heterocycles. The number of nitrogens with one attached hydrogen (secondary N) is 2. The van der Waals surface area contributed by atoms with Crippen LogP contribution in [-0.4, -0.2) is 49.1 Å². The molecular formula is C16H22FN3O4S. The number of nitrogens with two attached hydrogens (primary N) is 1. The third-order valence-electron chi connectivity index (χ3n) is 3.21. The van der Waals surface area contributed by atoms with Gasteiger partial charge in [-0.05, 0) is 42.5 Å². The van der Waals surface area contributed by atoms with Gasteiger partial charge < -0.3 is 21.1 Å². The van der Waals surface area contributed by atoms with Crippen LogP contribution in [0.15, 0.2) is 24.3 Å². The quantitative estimate of drug-likeness (QED) is 0.527. The molecule has 0 aromatic heterocycles. The summed E-state index contributed by atoms with van der Waals surface area (Å²) in [6.45, 7) is -0.115. The Morgan fingerprint density at radius 1 is 1.28 bits per heavy atom. The van der Waals surface area contributed by atoms with Gasteiger partial charge in [-0.1, -0.05) is 12.1 Å². The van der Waals surface area contributed by atoms with Crippen molar-refractivity contribution >= 4 is 29.7 Å². The molecule has 0 fully saturated rings. The minimum Gasteiger partial charge on any atom is -0.454 e. The van der Waals surface area contributed by atoms with E-state index in [4.69, 9.17) is 10.5 Å².